The lowest BCUT2D eigenvalue weighted by Gasteiger charge is -2.15. The van der Waals surface area contributed by atoms with Crippen molar-refractivity contribution in [3.63, 3.8) is 0 Å². The first-order valence-electron chi connectivity index (χ1n) is 11.6. The van der Waals surface area contributed by atoms with Crippen molar-refractivity contribution in [3.05, 3.63) is 71.4 Å². The molecular weight excluding hydrogens is 480 g/mol. The third-order valence-electron chi connectivity index (χ3n) is 6.00. The van der Waals surface area contributed by atoms with Crippen LogP contribution in [0.4, 0.5) is 0 Å². The topological polar surface area (TPSA) is 92.3 Å². The Morgan fingerprint density at radius 2 is 1.89 bits per heavy atom. The molecule has 0 saturated heterocycles. The molecule has 1 aliphatic rings. The monoisotopic (exact) mass is 506 g/mol. The predicted molar refractivity (Wildman–Crippen MR) is 138 cm³/mol. The maximum atomic E-state index is 12.3. The lowest BCUT2D eigenvalue weighted by molar-refractivity contribution is 0.0520. The van der Waals surface area contributed by atoms with Crippen molar-refractivity contribution in [1.29, 1.82) is 0 Å². The third kappa shape index (κ3) is 4.98. The molecule has 0 aliphatic heterocycles. The lowest BCUT2D eigenvalue weighted by Crippen LogP contribution is -2.08. The standard InChI is InChI=1S/C26H26N4O3S2/c1-2-32-25(31)21-16-34-26(28-21)30-23(18-10-6-7-11-18)24(22(29-30)17-8-4-3-5-9-17)33-19-12-14-20(35-27)15-13-19/h3-5,8-9,12-16,18H,2,6-7,10-11,27H2,1H3. The lowest BCUT2D eigenvalue weighted by atomic mass is 10.0. The summed E-state index contributed by atoms with van der Waals surface area (Å²) in [4.78, 5) is 17.8. The van der Waals surface area contributed by atoms with E-state index in [1.165, 1.54) is 23.3 Å². The minimum atomic E-state index is -0.429. The van der Waals surface area contributed by atoms with Crippen molar-refractivity contribution in [1.82, 2.24) is 14.8 Å². The minimum absolute atomic E-state index is 0.281. The molecule has 0 bridgehead atoms. The van der Waals surface area contributed by atoms with Crippen LogP contribution in [0.2, 0.25) is 0 Å². The number of aromatic nitrogens is 3. The fraction of sp³-hybridized carbons (Fsp3) is 0.269. The maximum Gasteiger partial charge on any atom is 0.357 e. The molecule has 2 N–H and O–H groups in total. The molecule has 0 unspecified atom stereocenters. The van der Waals surface area contributed by atoms with Gasteiger partial charge in [-0.15, -0.1) is 11.3 Å². The number of ether oxygens (including phenoxy) is 2. The Kier molecular flexibility index (Phi) is 7.17. The zero-order chi connectivity index (χ0) is 24.2. The average molecular weight is 507 g/mol. The summed E-state index contributed by atoms with van der Waals surface area (Å²) in [6.45, 7) is 2.09. The van der Waals surface area contributed by atoms with Crippen LogP contribution < -0.4 is 9.88 Å². The van der Waals surface area contributed by atoms with Crippen LogP contribution >= 0.6 is 23.3 Å². The van der Waals surface area contributed by atoms with Gasteiger partial charge in [0.2, 0.25) is 5.13 Å². The van der Waals surface area contributed by atoms with Crippen molar-refractivity contribution in [2.24, 2.45) is 5.14 Å². The number of nitrogens with two attached hydrogens (primary N) is 1. The Hall–Kier alpha value is -3.14. The Morgan fingerprint density at radius 1 is 1.14 bits per heavy atom. The second-order valence-electron chi connectivity index (χ2n) is 8.25. The molecule has 0 spiro atoms. The van der Waals surface area contributed by atoms with Gasteiger partial charge in [0.15, 0.2) is 11.4 Å². The maximum absolute atomic E-state index is 12.3. The third-order valence-corrected chi connectivity index (χ3v) is 7.36. The van der Waals surface area contributed by atoms with Crippen LogP contribution in [0.5, 0.6) is 11.5 Å². The zero-order valence-electron chi connectivity index (χ0n) is 19.3. The van der Waals surface area contributed by atoms with Gasteiger partial charge in [-0.1, -0.05) is 43.2 Å². The highest BCUT2D eigenvalue weighted by molar-refractivity contribution is 7.97. The number of benzene rings is 2. The molecule has 180 valence electrons. The van der Waals surface area contributed by atoms with Crippen LogP contribution in [0.1, 0.15) is 54.7 Å². The molecule has 0 atom stereocenters. The van der Waals surface area contributed by atoms with Gasteiger partial charge in [0.05, 0.1) is 12.3 Å². The molecule has 4 aromatic rings. The van der Waals surface area contributed by atoms with Crippen LogP contribution in [0.3, 0.4) is 0 Å². The summed E-state index contributed by atoms with van der Waals surface area (Å²) in [5.74, 6) is 1.29. The van der Waals surface area contributed by atoms with Gasteiger partial charge in [0, 0.05) is 21.8 Å². The molecule has 1 aliphatic carbocycles. The van der Waals surface area contributed by atoms with E-state index >= 15 is 0 Å². The Labute approximate surface area is 212 Å². The van der Waals surface area contributed by atoms with Crippen LogP contribution in [-0.4, -0.2) is 27.3 Å². The average Bonchev–Trinajstić information content (AvgIpc) is 3.65. The molecule has 35 heavy (non-hydrogen) atoms. The van der Waals surface area contributed by atoms with Crippen molar-refractivity contribution in [3.8, 4) is 27.9 Å². The van der Waals surface area contributed by atoms with Gasteiger partial charge >= 0.3 is 5.97 Å². The molecule has 1 fully saturated rings. The summed E-state index contributed by atoms with van der Waals surface area (Å²) in [5, 5.41) is 13.0. The number of nitrogens with zero attached hydrogens (tertiary/aromatic N) is 3. The number of hydrogen-bond acceptors (Lipinski definition) is 8. The van der Waals surface area contributed by atoms with E-state index in [2.05, 4.69) is 4.98 Å². The molecule has 2 aromatic carbocycles. The van der Waals surface area contributed by atoms with Crippen molar-refractivity contribution >= 4 is 29.3 Å². The highest BCUT2D eigenvalue weighted by atomic mass is 32.2. The van der Waals surface area contributed by atoms with E-state index in [-0.39, 0.29) is 5.92 Å². The Balaban J connectivity index is 1.65. The Morgan fingerprint density at radius 3 is 2.57 bits per heavy atom. The van der Waals surface area contributed by atoms with Gasteiger partial charge in [0.1, 0.15) is 11.4 Å². The van der Waals surface area contributed by atoms with Gasteiger partial charge in [-0.05, 0) is 56.0 Å². The van der Waals surface area contributed by atoms with Gasteiger partial charge < -0.3 is 9.47 Å². The number of carbonyl (C=O) groups is 1. The quantitative estimate of drug-likeness (QED) is 0.213. The number of rotatable bonds is 8. The van der Waals surface area contributed by atoms with E-state index in [4.69, 9.17) is 19.7 Å². The van der Waals surface area contributed by atoms with E-state index in [0.29, 0.717) is 23.2 Å². The normalized spacial score (nSPS) is 13.8. The van der Waals surface area contributed by atoms with E-state index in [0.717, 1.165) is 53.3 Å². The molecule has 2 aromatic heterocycles. The van der Waals surface area contributed by atoms with E-state index in [9.17, 15) is 4.79 Å². The highest BCUT2D eigenvalue weighted by Crippen LogP contribution is 2.46. The van der Waals surface area contributed by atoms with Crippen molar-refractivity contribution in [2.45, 2.75) is 43.4 Å². The molecule has 9 heteroatoms. The number of hydrogen-bond donors (Lipinski definition) is 1. The summed E-state index contributed by atoms with van der Waals surface area (Å²) >= 11 is 2.57. The van der Waals surface area contributed by atoms with Gasteiger partial charge in [-0.2, -0.15) is 5.10 Å². The molecule has 1 saturated carbocycles. The van der Waals surface area contributed by atoms with Crippen LogP contribution in [-0.2, 0) is 4.74 Å². The van der Waals surface area contributed by atoms with Crippen LogP contribution in [0.15, 0.2) is 64.9 Å². The van der Waals surface area contributed by atoms with Crippen LogP contribution in [0.25, 0.3) is 16.4 Å². The molecule has 5 rings (SSSR count). The smallest absolute Gasteiger partial charge is 0.357 e. The number of thiazole rings is 1. The Bertz CT molecular complexity index is 1300. The summed E-state index contributed by atoms with van der Waals surface area (Å²) < 4.78 is 13.6. The first-order chi connectivity index (χ1) is 17.2. The second-order valence-corrected chi connectivity index (χ2v) is 9.79. The van der Waals surface area contributed by atoms with Gasteiger partial charge in [0.25, 0.3) is 0 Å². The molecule has 2 heterocycles. The molecule has 0 radical (unpaired) electrons. The first-order valence-corrected chi connectivity index (χ1v) is 13.4. The minimum Gasteiger partial charge on any atom is -0.461 e. The predicted octanol–water partition coefficient (Wildman–Crippen LogP) is 6.59. The van der Waals surface area contributed by atoms with Crippen molar-refractivity contribution < 1.29 is 14.3 Å². The summed E-state index contributed by atoms with van der Waals surface area (Å²) in [6.07, 6.45) is 4.42. The van der Waals surface area contributed by atoms with Gasteiger partial charge in [-0.25, -0.2) is 14.5 Å². The fourth-order valence-electron chi connectivity index (χ4n) is 4.37. The summed E-state index contributed by atoms with van der Waals surface area (Å²) in [5.41, 5.74) is 2.98. The SMILES string of the molecule is CCOC(=O)c1csc(-n2nc(-c3ccccc3)c(Oc3ccc(SN)cc3)c2C2CCCC2)n1. The van der Waals surface area contributed by atoms with E-state index in [1.54, 1.807) is 12.3 Å². The largest absolute Gasteiger partial charge is 0.461 e. The van der Waals surface area contributed by atoms with Crippen molar-refractivity contribution in [2.75, 3.05) is 6.61 Å². The fourth-order valence-corrected chi connectivity index (χ4v) is 5.42. The molecule has 7 nitrogen and oxygen atoms in total. The summed E-state index contributed by atoms with van der Waals surface area (Å²) in [7, 11) is 0. The van der Waals surface area contributed by atoms with Crippen LogP contribution in [0, 0.1) is 0 Å². The number of carbonyl (C=O) groups excluding carboxylic acids is 1. The van der Waals surface area contributed by atoms with E-state index < -0.39 is 5.97 Å². The summed E-state index contributed by atoms with van der Waals surface area (Å²) in [6, 6.07) is 17.7. The van der Waals surface area contributed by atoms with Gasteiger partial charge in [-0.3, -0.25) is 5.14 Å². The highest BCUT2D eigenvalue weighted by Gasteiger charge is 2.31. The van der Waals surface area contributed by atoms with E-state index in [1.807, 2.05) is 59.3 Å². The second kappa shape index (κ2) is 10.6. The molecule has 0 amide bonds. The number of esters is 1. The zero-order valence-corrected chi connectivity index (χ0v) is 21.0. The first kappa shape index (κ1) is 23.6. The molecular formula is C26H26N4O3S2.